The maximum Gasteiger partial charge on any atom is 0.114 e. The van der Waals surface area contributed by atoms with Crippen molar-refractivity contribution in [2.75, 3.05) is 6.26 Å². The number of hydrogen-bond donors (Lipinski definition) is 1. The Kier molecular flexibility index (Phi) is 4.43. The highest BCUT2D eigenvalue weighted by molar-refractivity contribution is 7.98. The molecule has 96 valence electrons. The van der Waals surface area contributed by atoms with Gasteiger partial charge in [-0.25, -0.2) is 4.98 Å². The van der Waals surface area contributed by atoms with Crippen LogP contribution in [0.15, 0.2) is 29.2 Å². The largest absolute Gasteiger partial charge is 0.318 e. The third-order valence-corrected chi connectivity index (χ3v) is 4.82. The summed E-state index contributed by atoms with van der Waals surface area (Å²) in [6, 6.07) is 8.31. The standard InChI is InChI=1S/C14H18N2S2/c1-4-12-9(2)18-14(16-12)13(15)10-5-7-11(17-3)8-6-10/h5-8,13H,4,15H2,1-3H3. The summed E-state index contributed by atoms with van der Waals surface area (Å²) in [5.41, 5.74) is 8.59. The van der Waals surface area contributed by atoms with Crippen molar-refractivity contribution in [1.82, 2.24) is 4.98 Å². The molecule has 1 atom stereocenters. The molecule has 2 N–H and O–H groups in total. The second kappa shape index (κ2) is 5.87. The maximum atomic E-state index is 6.29. The van der Waals surface area contributed by atoms with Crippen molar-refractivity contribution in [2.45, 2.75) is 31.2 Å². The number of nitrogens with two attached hydrogens (primary N) is 1. The Morgan fingerprint density at radius 2 is 2.00 bits per heavy atom. The van der Waals surface area contributed by atoms with Crippen molar-refractivity contribution in [2.24, 2.45) is 5.73 Å². The number of nitrogens with zero attached hydrogens (tertiary/aromatic N) is 1. The van der Waals surface area contributed by atoms with Crippen molar-refractivity contribution in [3.05, 3.63) is 45.4 Å². The van der Waals surface area contributed by atoms with E-state index < -0.39 is 0 Å². The number of thiazole rings is 1. The number of hydrogen-bond acceptors (Lipinski definition) is 4. The molecule has 0 fully saturated rings. The summed E-state index contributed by atoms with van der Waals surface area (Å²) >= 11 is 3.45. The van der Waals surface area contributed by atoms with Crippen LogP contribution in [0, 0.1) is 6.92 Å². The highest BCUT2D eigenvalue weighted by Gasteiger charge is 2.15. The summed E-state index contributed by atoms with van der Waals surface area (Å²) in [6.45, 7) is 4.24. The Hall–Kier alpha value is -0.840. The highest BCUT2D eigenvalue weighted by Crippen LogP contribution is 2.27. The molecule has 0 bridgehead atoms. The number of aryl methyl sites for hydroxylation is 2. The van der Waals surface area contributed by atoms with Crippen LogP contribution in [-0.2, 0) is 6.42 Å². The molecule has 1 heterocycles. The van der Waals surface area contributed by atoms with Gasteiger partial charge in [0.05, 0.1) is 11.7 Å². The second-order valence-electron chi connectivity index (χ2n) is 4.16. The van der Waals surface area contributed by atoms with Crippen LogP contribution in [0.1, 0.15) is 34.1 Å². The van der Waals surface area contributed by atoms with Crippen LogP contribution in [0.3, 0.4) is 0 Å². The topological polar surface area (TPSA) is 38.9 Å². The molecule has 0 aliphatic carbocycles. The van der Waals surface area contributed by atoms with E-state index in [1.54, 1.807) is 23.1 Å². The SMILES string of the molecule is CCc1nc(C(N)c2ccc(SC)cc2)sc1C. The van der Waals surface area contributed by atoms with Gasteiger partial charge in [-0.15, -0.1) is 23.1 Å². The van der Waals surface area contributed by atoms with E-state index in [9.17, 15) is 0 Å². The van der Waals surface area contributed by atoms with Gasteiger partial charge in [0.2, 0.25) is 0 Å². The maximum absolute atomic E-state index is 6.29. The van der Waals surface area contributed by atoms with Crippen molar-refractivity contribution in [1.29, 1.82) is 0 Å². The average Bonchev–Trinajstić information content (AvgIpc) is 2.79. The van der Waals surface area contributed by atoms with E-state index in [0.717, 1.165) is 17.0 Å². The molecule has 2 rings (SSSR count). The normalized spacial score (nSPS) is 12.7. The number of benzene rings is 1. The zero-order valence-electron chi connectivity index (χ0n) is 10.9. The summed E-state index contributed by atoms with van der Waals surface area (Å²) in [5, 5.41) is 1.02. The second-order valence-corrected chi connectivity index (χ2v) is 6.27. The molecule has 0 aliphatic heterocycles. The molecule has 18 heavy (non-hydrogen) atoms. The van der Waals surface area contributed by atoms with Gasteiger partial charge in [-0.3, -0.25) is 0 Å². The van der Waals surface area contributed by atoms with Gasteiger partial charge in [-0.2, -0.15) is 0 Å². The third-order valence-electron chi connectivity index (χ3n) is 2.99. The summed E-state index contributed by atoms with van der Waals surface area (Å²) in [6.07, 6.45) is 3.05. The van der Waals surface area contributed by atoms with E-state index in [-0.39, 0.29) is 6.04 Å². The molecule has 4 heteroatoms. The Bertz CT molecular complexity index is 517. The van der Waals surface area contributed by atoms with Gasteiger partial charge in [0.1, 0.15) is 5.01 Å². The van der Waals surface area contributed by atoms with E-state index in [2.05, 4.69) is 49.4 Å². The van der Waals surface area contributed by atoms with Crippen LogP contribution < -0.4 is 5.73 Å². The van der Waals surface area contributed by atoms with Crippen LogP contribution in [-0.4, -0.2) is 11.2 Å². The molecule has 0 spiro atoms. The Balaban J connectivity index is 2.25. The average molecular weight is 278 g/mol. The number of rotatable bonds is 4. The lowest BCUT2D eigenvalue weighted by Gasteiger charge is -2.09. The molecule has 2 aromatic rings. The fraction of sp³-hybridized carbons (Fsp3) is 0.357. The molecule has 0 amide bonds. The first-order chi connectivity index (χ1) is 8.65. The van der Waals surface area contributed by atoms with Gasteiger partial charge in [-0.1, -0.05) is 19.1 Å². The van der Waals surface area contributed by atoms with Crippen LogP contribution in [0.25, 0.3) is 0 Å². The highest BCUT2D eigenvalue weighted by atomic mass is 32.2. The first kappa shape index (κ1) is 13.6. The van der Waals surface area contributed by atoms with Crippen LogP contribution in [0.5, 0.6) is 0 Å². The molecule has 1 aromatic carbocycles. The number of thioether (sulfide) groups is 1. The predicted molar refractivity (Wildman–Crippen MR) is 80.5 cm³/mol. The smallest absolute Gasteiger partial charge is 0.114 e. The quantitative estimate of drug-likeness (QED) is 0.865. The molecule has 1 aromatic heterocycles. The van der Waals surface area contributed by atoms with Crippen molar-refractivity contribution >= 4 is 23.1 Å². The summed E-state index contributed by atoms with van der Waals surface area (Å²) in [4.78, 5) is 7.18. The molecule has 0 radical (unpaired) electrons. The zero-order chi connectivity index (χ0) is 13.1. The van der Waals surface area contributed by atoms with Crippen molar-refractivity contribution in [3.63, 3.8) is 0 Å². The number of aromatic nitrogens is 1. The zero-order valence-corrected chi connectivity index (χ0v) is 12.6. The van der Waals surface area contributed by atoms with Gasteiger partial charge in [0.25, 0.3) is 0 Å². The lowest BCUT2D eigenvalue weighted by molar-refractivity contribution is 0.843. The van der Waals surface area contributed by atoms with Gasteiger partial charge < -0.3 is 5.73 Å². The van der Waals surface area contributed by atoms with Crippen molar-refractivity contribution in [3.8, 4) is 0 Å². The van der Waals surface area contributed by atoms with Gasteiger partial charge in [0.15, 0.2) is 0 Å². The molecule has 0 saturated heterocycles. The van der Waals surface area contributed by atoms with E-state index in [1.165, 1.54) is 15.5 Å². The Morgan fingerprint density at radius 3 is 2.50 bits per heavy atom. The lowest BCUT2D eigenvalue weighted by atomic mass is 10.1. The minimum Gasteiger partial charge on any atom is -0.318 e. The molecular formula is C14H18N2S2. The molecule has 1 unspecified atom stereocenters. The molecule has 2 nitrogen and oxygen atoms in total. The Morgan fingerprint density at radius 1 is 1.33 bits per heavy atom. The van der Waals surface area contributed by atoms with Crippen LogP contribution >= 0.6 is 23.1 Å². The van der Waals surface area contributed by atoms with E-state index in [1.807, 2.05) is 0 Å². The Labute approximate surface area is 117 Å². The fourth-order valence-corrected chi connectivity index (χ4v) is 3.31. The van der Waals surface area contributed by atoms with Crippen LogP contribution in [0.2, 0.25) is 0 Å². The summed E-state index contributed by atoms with van der Waals surface area (Å²) in [7, 11) is 0. The van der Waals surface area contributed by atoms with Gasteiger partial charge in [0, 0.05) is 9.77 Å². The van der Waals surface area contributed by atoms with Crippen LogP contribution in [0.4, 0.5) is 0 Å². The predicted octanol–water partition coefficient (Wildman–Crippen LogP) is 3.78. The van der Waals surface area contributed by atoms with Gasteiger partial charge in [-0.05, 0) is 37.3 Å². The monoisotopic (exact) mass is 278 g/mol. The third kappa shape index (κ3) is 2.76. The van der Waals surface area contributed by atoms with E-state index in [0.29, 0.717) is 0 Å². The van der Waals surface area contributed by atoms with Gasteiger partial charge >= 0.3 is 0 Å². The first-order valence-electron chi connectivity index (χ1n) is 6.01. The lowest BCUT2D eigenvalue weighted by Crippen LogP contribution is -2.11. The van der Waals surface area contributed by atoms with E-state index >= 15 is 0 Å². The summed E-state index contributed by atoms with van der Waals surface area (Å²) < 4.78 is 0. The minimum absolute atomic E-state index is 0.107. The first-order valence-corrected chi connectivity index (χ1v) is 8.05. The molecular weight excluding hydrogens is 260 g/mol. The minimum atomic E-state index is -0.107. The van der Waals surface area contributed by atoms with E-state index in [4.69, 9.17) is 5.73 Å². The van der Waals surface area contributed by atoms with Crippen molar-refractivity contribution < 1.29 is 0 Å². The summed E-state index contributed by atoms with van der Waals surface area (Å²) in [5.74, 6) is 0. The molecule has 0 aliphatic rings. The molecule has 0 saturated carbocycles. The fourth-order valence-electron chi connectivity index (χ4n) is 1.87.